The van der Waals surface area contributed by atoms with Crippen LogP contribution in [0.4, 0.5) is 11.4 Å². The van der Waals surface area contributed by atoms with Crippen molar-refractivity contribution in [3.8, 4) is 0 Å². The highest BCUT2D eigenvalue weighted by molar-refractivity contribution is 7.89. The van der Waals surface area contributed by atoms with Gasteiger partial charge in [0.2, 0.25) is 10.0 Å². The van der Waals surface area contributed by atoms with Gasteiger partial charge in [-0.1, -0.05) is 30.3 Å². The Kier molecular flexibility index (Phi) is 5.82. The van der Waals surface area contributed by atoms with Crippen LogP contribution in [0.1, 0.15) is 65.5 Å². The lowest BCUT2D eigenvalue weighted by atomic mass is 9.68. The fourth-order valence-corrected chi connectivity index (χ4v) is 9.13. The molecule has 3 aromatic carbocycles. The standard InChI is InChI=1S/C31H33N3O3S/c35-31(32-24-11-13-25(14-12-24)38(36,37)34-16-4-5-17-34)23-10-15-27-26(19-23)28-21-8-9-22(18-21)29(28)30(33-27)20-6-2-1-3-7-20/h1-3,6-7,10-15,19,21-22,28-30,33H,4-5,8-9,16-18H2,(H,32,35)/t21-,22-,28-,29+,30-/m0/s1. The summed E-state index contributed by atoms with van der Waals surface area (Å²) >= 11 is 0. The van der Waals surface area contributed by atoms with E-state index >= 15 is 0 Å². The van der Waals surface area contributed by atoms with Crippen molar-refractivity contribution in [1.82, 2.24) is 4.31 Å². The largest absolute Gasteiger partial charge is 0.378 e. The van der Waals surface area contributed by atoms with E-state index in [4.69, 9.17) is 0 Å². The highest BCUT2D eigenvalue weighted by Crippen LogP contribution is 2.63. The Hall–Kier alpha value is -3.16. The van der Waals surface area contributed by atoms with Gasteiger partial charge >= 0.3 is 0 Å². The lowest BCUT2D eigenvalue weighted by molar-refractivity contribution is 0.102. The summed E-state index contributed by atoms with van der Waals surface area (Å²) in [6.07, 6.45) is 5.66. The molecule has 3 aromatic rings. The first-order valence-electron chi connectivity index (χ1n) is 13.9. The molecule has 196 valence electrons. The summed E-state index contributed by atoms with van der Waals surface area (Å²) in [4.78, 5) is 13.5. The normalized spacial score (nSPS) is 27.9. The molecule has 2 heterocycles. The minimum atomic E-state index is -3.47. The minimum absolute atomic E-state index is 0.173. The molecule has 1 saturated heterocycles. The zero-order chi connectivity index (χ0) is 25.9. The van der Waals surface area contributed by atoms with Crippen LogP contribution in [-0.4, -0.2) is 31.7 Å². The Morgan fingerprint density at radius 3 is 2.39 bits per heavy atom. The molecule has 6 nitrogen and oxygen atoms in total. The molecule has 1 amide bonds. The second kappa shape index (κ2) is 9.24. The summed E-state index contributed by atoms with van der Waals surface area (Å²) in [7, 11) is -3.47. The maximum atomic E-state index is 13.3. The molecule has 0 unspecified atom stereocenters. The first kappa shape index (κ1) is 23.9. The van der Waals surface area contributed by atoms with Crippen molar-refractivity contribution in [3.05, 3.63) is 89.5 Å². The molecule has 38 heavy (non-hydrogen) atoms. The molecular formula is C31H33N3O3S. The summed E-state index contributed by atoms with van der Waals surface area (Å²) in [5.74, 6) is 2.25. The van der Waals surface area contributed by atoms with Gasteiger partial charge in [-0.05, 0) is 109 Å². The van der Waals surface area contributed by atoms with E-state index in [0.717, 1.165) is 24.4 Å². The van der Waals surface area contributed by atoms with Crippen LogP contribution in [0.25, 0.3) is 0 Å². The number of sulfonamides is 1. The summed E-state index contributed by atoms with van der Waals surface area (Å²) in [5.41, 5.74) is 4.99. The van der Waals surface area contributed by atoms with Gasteiger partial charge in [0.1, 0.15) is 0 Å². The number of amides is 1. The maximum absolute atomic E-state index is 13.3. The van der Waals surface area contributed by atoms with Crippen LogP contribution in [0.3, 0.4) is 0 Å². The van der Waals surface area contributed by atoms with E-state index in [-0.39, 0.29) is 10.8 Å². The second-order valence-electron chi connectivity index (χ2n) is 11.4. The van der Waals surface area contributed by atoms with Gasteiger partial charge in [-0.2, -0.15) is 4.31 Å². The van der Waals surface area contributed by atoms with Crippen LogP contribution in [0.5, 0.6) is 0 Å². The second-order valence-corrected chi connectivity index (χ2v) is 13.3. The average molecular weight is 528 g/mol. The number of benzene rings is 3. The van der Waals surface area contributed by atoms with Crippen LogP contribution in [0, 0.1) is 17.8 Å². The lowest BCUT2D eigenvalue weighted by Gasteiger charge is -2.43. The number of carbonyl (C=O) groups excluding carboxylic acids is 1. The smallest absolute Gasteiger partial charge is 0.255 e. The zero-order valence-corrected chi connectivity index (χ0v) is 22.2. The Morgan fingerprint density at radius 1 is 0.895 bits per heavy atom. The quantitative estimate of drug-likeness (QED) is 0.425. The predicted octanol–water partition coefficient (Wildman–Crippen LogP) is 6.02. The molecule has 2 aliphatic heterocycles. The minimum Gasteiger partial charge on any atom is -0.378 e. The van der Waals surface area contributed by atoms with Crippen molar-refractivity contribution in [1.29, 1.82) is 0 Å². The van der Waals surface area contributed by atoms with Crippen molar-refractivity contribution in [2.24, 2.45) is 17.8 Å². The van der Waals surface area contributed by atoms with Gasteiger partial charge in [0.05, 0.1) is 10.9 Å². The van der Waals surface area contributed by atoms with E-state index < -0.39 is 10.0 Å². The third-order valence-corrected chi connectivity index (χ3v) is 11.2. The highest BCUT2D eigenvalue weighted by Gasteiger charge is 2.53. The number of fused-ring (bicyclic) bond motifs is 7. The van der Waals surface area contributed by atoms with Crippen molar-refractivity contribution in [2.75, 3.05) is 23.7 Å². The molecule has 0 spiro atoms. The summed E-state index contributed by atoms with van der Waals surface area (Å²) < 4.78 is 27.2. The maximum Gasteiger partial charge on any atom is 0.255 e. The van der Waals surface area contributed by atoms with Crippen molar-refractivity contribution >= 4 is 27.3 Å². The van der Waals surface area contributed by atoms with E-state index in [1.807, 2.05) is 6.07 Å². The summed E-state index contributed by atoms with van der Waals surface area (Å²) in [6.45, 7) is 1.15. The Morgan fingerprint density at radius 2 is 1.63 bits per heavy atom. The topological polar surface area (TPSA) is 78.5 Å². The van der Waals surface area contributed by atoms with Crippen LogP contribution in [-0.2, 0) is 10.0 Å². The molecule has 2 saturated carbocycles. The van der Waals surface area contributed by atoms with E-state index in [9.17, 15) is 13.2 Å². The van der Waals surface area contributed by atoms with Gasteiger partial charge in [0.15, 0.2) is 0 Å². The van der Waals surface area contributed by atoms with Gasteiger partial charge in [-0.3, -0.25) is 4.79 Å². The summed E-state index contributed by atoms with van der Waals surface area (Å²) in [6, 6.07) is 23.7. The highest BCUT2D eigenvalue weighted by atomic mass is 32.2. The first-order valence-corrected chi connectivity index (χ1v) is 15.3. The molecule has 2 bridgehead atoms. The number of hydrogen-bond donors (Lipinski definition) is 2. The monoisotopic (exact) mass is 527 g/mol. The fraction of sp³-hybridized carbons (Fsp3) is 0.387. The van der Waals surface area contributed by atoms with Gasteiger partial charge in [-0.25, -0.2) is 8.42 Å². The third kappa shape index (κ3) is 3.95. The molecule has 3 fully saturated rings. The molecular weight excluding hydrogens is 494 g/mol. The number of anilines is 2. The first-order chi connectivity index (χ1) is 18.5. The van der Waals surface area contributed by atoms with Crippen LogP contribution >= 0.6 is 0 Å². The van der Waals surface area contributed by atoms with Crippen LogP contribution in [0.15, 0.2) is 77.7 Å². The SMILES string of the molecule is O=C(Nc1ccc(S(=O)(=O)N2CCCC2)cc1)c1ccc2c(c1)[C@@H]1[C@H]3CC[C@@H](C3)[C@H]1[C@H](c1ccccc1)N2. The Balaban J connectivity index is 1.13. The van der Waals surface area contributed by atoms with Crippen molar-refractivity contribution in [2.45, 2.75) is 49.0 Å². The number of nitrogens with zero attached hydrogens (tertiary/aromatic N) is 1. The number of nitrogens with one attached hydrogen (secondary N) is 2. The Bertz CT molecular complexity index is 1470. The van der Waals surface area contributed by atoms with Gasteiger partial charge in [0.25, 0.3) is 5.91 Å². The fourth-order valence-electron chi connectivity index (χ4n) is 7.61. The van der Waals surface area contributed by atoms with Crippen LogP contribution in [0.2, 0.25) is 0 Å². The molecule has 7 heteroatoms. The van der Waals surface area contributed by atoms with Gasteiger partial charge in [-0.15, -0.1) is 0 Å². The zero-order valence-electron chi connectivity index (χ0n) is 21.3. The number of rotatable bonds is 5. The number of hydrogen-bond acceptors (Lipinski definition) is 4. The van der Waals surface area contributed by atoms with E-state index in [1.54, 1.807) is 24.3 Å². The molecule has 7 rings (SSSR count). The average Bonchev–Trinajstić information content (AvgIpc) is 3.72. The van der Waals surface area contributed by atoms with Gasteiger partial charge in [0, 0.05) is 30.0 Å². The van der Waals surface area contributed by atoms with Crippen molar-refractivity contribution < 1.29 is 13.2 Å². The molecule has 2 N–H and O–H groups in total. The van der Waals surface area contributed by atoms with Crippen molar-refractivity contribution in [3.63, 3.8) is 0 Å². The van der Waals surface area contributed by atoms with Crippen LogP contribution < -0.4 is 10.6 Å². The lowest BCUT2D eigenvalue weighted by Crippen LogP contribution is -2.35. The third-order valence-electron chi connectivity index (χ3n) is 9.32. The molecule has 0 radical (unpaired) electrons. The predicted molar refractivity (Wildman–Crippen MR) is 149 cm³/mol. The number of carbonyl (C=O) groups is 1. The van der Waals surface area contributed by atoms with Gasteiger partial charge < -0.3 is 10.6 Å². The molecule has 5 atom stereocenters. The molecule has 4 aliphatic rings. The molecule has 0 aromatic heterocycles. The Labute approximate surface area is 224 Å². The van der Waals surface area contributed by atoms with E-state index in [0.29, 0.717) is 48.1 Å². The van der Waals surface area contributed by atoms with E-state index in [1.165, 1.54) is 34.7 Å². The van der Waals surface area contributed by atoms with E-state index in [2.05, 4.69) is 53.1 Å². The molecule has 2 aliphatic carbocycles. The summed E-state index contributed by atoms with van der Waals surface area (Å²) in [5, 5.41) is 6.81.